The molecule has 0 saturated heterocycles. The van der Waals surface area contributed by atoms with E-state index in [0.717, 1.165) is 61.2 Å². The molecule has 0 atom stereocenters. The summed E-state index contributed by atoms with van der Waals surface area (Å²) in [5, 5.41) is 5.75. The van der Waals surface area contributed by atoms with Crippen LogP contribution < -0.4 is 9.80 Å². The van der Waals surface area contributed by atoms with E-state index in [1.54, 1.807) is 6.26 Å². The number of hydrogen-bond acceptors (Lipinski definition) is 4. The zero-order valence-corrected chi connectivity index (χ0v) is 18.5. The van der Waals surface area contributed by atoms with Crippen LogP contribution in [0.5, 0.6) is 0 Å². The Morgan fingerprint density at radius 1 is 1.28 bits per heavy atom. The van der Waals surface area contributed by atoms with Crippen molar-refractivity contribution in [2.75, 3.05) is 22.9 Å². The highest BCUT2D eigenvalue weighted by Crippen LogP contribution is 2.42. The Hall–Kier alpha value is -2.40. The average Bonchev–Trinajstić information content (AvgIpc) is 3.28. The van der Waals surface area contributed by atoms with Crippen molar-refractivity contribution < 1.29 is 4.42 Å². The van der Waals surface area contributed by atoms with Gasteiger partial charge in [0.25, 0.3) is 0 Å². The molecule has 0 fully saturated rings. The van der Waals surface area contributed by atoms with Gasteiger partial charge in [-0.05, 0) is 62.4 Å². The lowest BCUT2D eigenvalue weighted by Crippen LogP contribution is -2.28. The Bertz CT molecular complexity index is 970. The summed E-state index contributed by atoms with van der Waals surface area (Å²) < 4.78 is 7.65. The van der Waals surface area contributed by atoms with Crippen LogP contribution in [0.15, 0.2) is 34.9 Å². The Morgan fingerprint density at radius 3 is 2.79 bits per heavy atom. The molecule has 0 unspecified atom stereocenters. The van der Waals surface area contributed by atoms with Gasteiger partial charge in [-0.25, -0.2) is 0 Å². The highest BCUT2D eigenvalue weighted by Gasteiger charge is 2.30. The van der Waals surface area contributed by atoms with E-state index in [1.165, 1.54) is 22.5 Å². The molecular weight excluding hydrogens is 384 g/mol. The number of anilines is 3. The molecule has 0 bridgehead atoms. The lowest BCUT2D eigenvalue weighted by atomic mass is 10.0. The number of aryl methyl sites for hydroxylation is 3. The van der Waals surface area contributed by atoms with Crippen LogP contribution >= 0.6 is 11.6 Å². The summed E-state index contributed by atoms with van der Waals surface area (Å²) in [4.78, 5) is 4.69. The summed E-state index contributed by atoms with van der Waals surface area (Å²) in [6.45, 7) is 9.06. The van der Waals surface area contributed by atoms with Gasteiger partial charge in [-0.1, -0.05) is 24.6 Å². The zero-order chi connectivity index (χ0) is 20.5. The highest BCUT2D eigenvalue weighted by molar-refractivity contribution is 6.33. The lowest BCUT2D eigenvalue weighted by molar-refractivity contribution is 0.498. The first kappa shape index (κ1) is 19.9. The minimum Gasteiger partial charge on any atom is -0.467 e. The van der Waals surface area contributed by atoms with Crippen molar-refractivity contribution in [2.45, 2.75) is 46.6 Å². The predicted octanol–water partition coefficient (Wildman–Crippen LogP) is 5.78. The topological polar surface area (TPSA) is 37.4 Å². The van der Waals surface area contributed by atoms with E-state index in [1.807, 2.05) is 29.9 Å². The van der Waals surface area contributed by atoms with Crippen LogP contribution in [-0.4, -0.2) is 22.9 Å². The highest BCUT2D eigenvalue weighted by atomic mass is 35.5. The van der Waals surface area contributed by atoms with Gasteiger partial charge < -0.3 is 14.2 Å². The first-order valence-electron chi connectivity index (χ1n) is 10.4. The van der Waals surface area contributed by atoms with Gasteiger partial charge in [0.05, 0.1) is 23.5 Å². The summed E-state index contributed by atoms with van der Waals surface area (Å²) in [7, 11) is 2.04. The van der Waals surface area contributed by atoms with Gasteiger partial charge in [-0.3, -0.25) is 4.68 Å². The van der Waals surface area contributed by atoms with Gasteiger partial charge in [0.1, 0.15) is 11.6 Å². The molecule has 1 aliphatic heterocycles. The summed E-state index contributed by atoms with van der Waals surface area (Å²) in [6, 6.07) is 8.22. The molecule has 5 nitrogen and oxygen atoms in total. The Kier molecular flexibility index (Phi) is 5.59. The van der Waals surface area contributed by atoms with Crippen molar-refractivity contribution >= 4 is 28.9 Å². The molecule has 0 amide bonds. The first-order chi connectivity index (χ1) is 14.0. The number of fused-ring (bicyclic) bond motifs is 1. The second-order valence-corrected chi connectivity index (χ2v) is 8.32. The van der Waals surface area contributed by atoms with E-state index in [-0.39, 0.29) is 0 Å². The largest absolute Gasteiger partial charge is 0.467 e. The number of aromatic nitrogens is 2. The van der Waals surface area contributed by atoms with E-state index >= 15 is 0 Å². The van der Waals surface area contributed by atoms with Crippen LogP contribution in [-0.2, 0) is 20.0 Å². The molecule has 0 spiro atoms. The monoisotopic (exact) mass is 412 g/mol. The third-order valence-electron chi connectivity index (χ3n) is 5.54. The second-order valence-electron chi connectivity index (χ2n) is 7.92. The molecule has 1 aliphatic rings. The molecule has 0 aliphatic carbocycles. The van der Waals surface area contributed by atoms with Gasteiger partial charge in [0, 0.05) is 25.7 Å². The molecule has 6 heteroatoms. The lowest BCUT2D eigenvalue weighted by Gasteiger charge is -2.31. The average molecular weight is 413 g/mol. The third kappa shape index (κ3) is 3.76. The van der Waals surface area contributed by atoms with E-state index in [0.29, 0.717) is 0 Å². The second kappa shape index (κ2) is 8.15. The fraction of sp³-hybridized carbons (Fsp3) is 0.435. The molecule has 0 saturated carbocycles. The van der Waals surface area contributed by atoms with Crippen LogP contribution in [0, 0.1) is 13.8 Å². The first-order valence-corrected chi connectivity index (χ1v) is 10.7. The van der Waals surface area contributed by atoms with Gasteiger partial charge in [-0.15, -0.1) is 0 Å². The fourth-order valence-corrected chi connectivity index (χ4v) is 4.91. The van der Waals surface area contributed by atoms with E-state index in [4.69, 9.17) is 21.1 Å². The third-order valence-corrected chi connectivity index (χ3v) is 5.83. The van der Waals surface area contributed by atoms with E-state index in [2.05, 4.69) is 36.6 Å². The van der Waals surface area contributed by atoms with E-state index in [9.17, 15) is 0 Å². The molecule has 3 heterocycles. The Labute approximate surface area is 177 Å². The molecule has 0 N–H and O–H groups in total. The van der Waals surface area contributed by atoms with Gasteiger partial charge >= 0.3 is 0 Å². The van der Waals surface area contributed by atoms with Crippen LogP contribution in [0.4, 0.5) is 17.3 Å². The molecule has 29 heavy (non-hydrogen) atoms. The van der Waals surface area contributed by atoms with E-state index < -0.39 is 0 Å². The maximum absolute atomic E-state index is 6.69. The van der Waals surface area contributed by atoms with Crippen molar-refractivity contribution in [3.8, 4) is 0 Å². The maximum atomic E-state index is 6.69. The number of halogens is 1. The minimum atomic E-state index is 0.747. The van der Waals surface area contributed by atoms with Crippen molar-refractivity contribution in [3.05, 3.63) is 58.0 Å². The van der Waals surface area contributed by atoms with Crippen molar-refractivity contribution in [3.63, 3.8) is 0 Å². The number of hydrogen-bond donors (Lipinski definition) is 0. The molecule has 1 aromatic carbocycles. The molecule has 4 rings (SSSR count). The number of rotatable bonds is 6. The molecule has 3 aromatic rings. The Balaban J connectivity index is 1.77. The number of furan rings is 1. The molecule has 154 valence electrons. The summed E-state index contributed by atoms with van der Waals surface area (Å²) in [5.41, 5.74) is 4.75. The quantitative estimate of drug-likeness (QED) is 0.514. The summed E-state index contributed by atoms with van der Waals surface area (Å²) in [5.74, 6) is 3.19. The molecular formula is C23H29ClN4O. The number of benzene rings is 1. The predicted molar refractivity (Wildman–Crippen MR) is 120 cm³/mol. The van der Waals surface area contributed by atoms with Crippen molar-refractivity contribution in [2.24, 2.45) is 7.05 Å². The SMILES string of the molecule is CCCN(Cc1ccco1)c1c2c(nn1C)N(c1c(C)cc(C)cc1Cl)CCC2. The maximum Gasteiger partial charge on any atom is 0.160 e. The van der Waals surface area contributed by atoms with Crippen LogP contribution in [0.25, 0.3) is 0 Å². The normalized spacial score (nSPS) is 13.6. The van der Waals surface area contributed by atoms with Gasteiger partial charge in [-0.2, -0.15) is 5.10 Å². The molecule has 0 radical (unpaired) electrons. The van der Waals surface area contributed by atoms with Crippen LogP contribution in [0.2, 0.25) is 5.02 Å². The number of nitrogens with zero attached hydrogens (tertiary/aromatic N) is 4. The summed E-state index contributed by atoms with van der Waals surface area (Å²) >= 11 is 6.69. The molecule has 2 aromatic heterocycles. The van der Waals surface area contributed by atoms with Crippen molar-refractivity contribution in [1.29, 1.82) is 0 Å². The fourth-order valence-electron chi connectivity index (χ4n) is 4.49. The van der Waals surface area contributed by atoms with Crippen molar-refractivity contribution in [1.82, 2.24) is 9.78 Å². The van der Waals surface area contributed by atoms with Crippen LogP contribution in [0.3, 0.4) is 0 Å². The van der Waals surface area contributed by atoms with Gasteiger partial charge in [0.2, 0.25) is 0 Å². The standard InChI is InChI=1S/C23H29ClN4O/c1-5-10-27(15-18-8-7-12-29-18)23-19-9-6-11-28(22(19)25-26(23)4)21-17(3)13-16(2)14-20(21)24/h7-8,12-14H,5-6,9-11,15H2,1-4H3. The Morgan fingerprint density at radius 2 is 2.10 bits per heavy atom. The van der Waals surface area contributed by atoms with Gasteiger partial charge in [0.15, 0.2) is 5.82 Å². The smallest absolute Gasteiger partial charge is 0.160 e. The summed E-state index contributed by atoms with van der Waals surface area (Å²) in [6.07, 6.45) is 4.90. The minimum absolute atomic E-state index is 0.747. The zero-order valence-electron chi connectivity index (χ0n) is 17.7. The van der Waals surface area contributed by atoms with Crippen LogP contribution in [0.1, 0.15) is 42.2 Å².